The highest BCUT2D eigenvalue weighted by Crippen LogP contribution is 1.98. The largest absolute Gasteiger partial charge is 0.337 e. The molecular formula is C8H11N5O. The van der Waals surface area contributed by atoms with Gasteiger partial charge >= 0.3 is 0 Å². The second-order valence-corrected chi connectivity index (χ2v) is 2.92. The van der Waals surface area contributed by atoms with Crippen LogP contribution in [0.2, 0.25) is 0 Å². The summed E-state index contributed by atoms with van der Waals surface area (Å²) < 4.78 is 0. The number of aromatic nitrogens is 3. The van der Waals surface area contributed by atoms with Gasteiger partial charge < -0.3 is 4.90 Å². The van der Waals surface area contributed by atoms with Crippen molar-refractivity contribution in [3.05, 3.63) is 11.6 Å². The molecule has 1 heterocycles. The third-order valence-electron chi connectivity index (χ3n) is 1.68. The van der Waals surface area contributed by atoms with Gasteiger partial charge in [-0.2, -0.15) is 10.4 Å². The molecule has 0 aliphatic carbocycles. The molecule has 0 fully saturated rings. The van der Waals surface area contributed by atoms with Gasteiger partial charge in [0.25, 0.3) is 0 Å². The fourth-order valence-corrected chi connectivity index (χ4v) is 0.963. The van der Waals surface area contributed by atoms with E-state index in [0.29, 0.717) is 18.2 Å². The number of hydrogen-bond acceptors (Lipinski definition) is 4. The molecule has 0 unspecified atom stereocenters. The first kappa shape index (κ1) is 10.2. The van der Waals surface area contributed by atoms with Crippen LogP contribution < -0.4 is 0 Å². The van der Waals surface area contributed by atoms with Gasteiger partial charge in [0.2, 0.25) is 5.91 Å². The summed E-state index contributed by atoms with van der Waals surface area (Å²) in [6, 6.07) is 1.80. The van der Waals surface area contributed by atoms with E-state index in [1.54, 1.807) is 20.0 Å². The van der Waals surface area contributed by atoms with Crippen molar-refractivity contribution in [3.8, 4) is 6.07 Å². The van der Waals surface area contributed by atoms with Crippen molar-refractivity contribution >= 4 is 5.91 Å². The van der Waals surface area contributed by atoms with E-state index in [1.165, 1.54) is 4.90 Å². The summed E-state index contributed by atoms with van der Waals surface area (Å²) in [6.45, 7) is 2.11. The average Bonchev–Trinajstić information content (AvgIpc) is 2.51. The van der Waals surface area contributed by atoms with Gasteiger partial charge in [-0.3, -0.25) is 9.89 Å². The van der Waals surface area contributed by atoms with Gasteiger partial charge in [0.05, 0.1) is 12.6 Å². The van der Waals surface area contributed by atoms with Gasteiger partial charge in [-0.15, -0.1) is 0 Å². The maximum atomic E-state index is 11.2. The summed E-state index contributed by atoms with van der Waals surface area (Å²) in [7, 11) is 1.62. The number of H-pyrrole nitrogens is 1. The summed E-state index contributed by atoms with van der Waals surface area (Å²) in [5, 5.41) is 14.9. The number of carbonyl (C=O) groups is 1. The molecule has 1 N–H and O–H groups in total. The SMILES string of the molecule is Cc1nc(CN(C)C(=O)CC#N)n[nH]1. The van der Waals surface area contributed by atoms with E-state index >= 15 is 0 Å². The predicted octanol–water partition coefficient (Wildman–Crippen LogP) is -0.0148. The molecule has 0 aliphatic rings. The zero-order valence-electron chi connectivity index (χ0n) is 8.11. The second-order valence-electron chi connectivity index (χ2n) is 2.92. The molecule has 6 nitrogen and oxygen atoms in total. The Bertz CT molecular complexity index is 364. The molecule has 0 atom stereocenters. The number of rotatable bonds is 3. The molecule has 0 aromatic carbocycles. The Morgan fingerprint density at radius 1 is 1.71 bits per heavy atom. The molecular weight excluding hydrogens is 182 g/mol. The van der Waals surface area contributed by atoms with Crippen LogP contribution >= 0.6 is 0 Å². The number of nitriles is 1. The number of hydrogen-bond donors (Lipinski definition) is 1. The minimum Gasteiger partial charge on any atom is -0.337 e. The molecule has 0 spiro atoms. The Balaban J connectivity index is 2.53. The fourth-order valence-electron chi connectivity index (χ4n) is 0.963. The van der Waals surface area contributed by atoms with Gasteiger partial charge in [-0.25, -0.2) is 4.98 Å². The zero-order chi connectivity index (χ0) is 10.6. The minimum atomic E-state index is -0.227. The van der Waals surface area contributed by atoms with Crippen LogP contribution in [0, 0.1) is 18.3 Å². The van der Waals surface area contributed by atoms with Gasteiger partial charge in [0.1, 0.15) is 12.2 Å². The summed E-state index contributed by atoms with van der Waals surface area (Å²) in [5.41, 5.74) is 0. The van der Waals surface area contributed by atoms with Crippen LogP contribution in [-0.4, -0.2) is 33.0 Å². The number of aryl methyl sites for hydroxylation is 1. The lowest BCUT2D eigenvalue weighted by Gasteiger charge is -2.12. The van der Waals surface area contributed by atoms with Crippen molar-refractivity contribution in [2.45, 2.75) is 19.9 Å². The highest BCUT2D eigenvalue weighted by atomic mass is 16.2. The van der Waals surface area contributed by atoms with E-state index in [0.717, 1.165) is 0 Å². The number of aromatic amines is 1. The Kier molecular flexibility index (Phi) is 3.18. The molecule has 0 bridgehead atoms. The summed E-state index contributed by atoms with van der Waals surface area (Å²) in [5.74, 6) is 1.03. The minimum absolute atomic E-state index is 0.111. The normalized spacial score (nSPS) is 9.50. The molecule has 74 valence electrons. The van der Waals surface area contributed by atoms with Gasteiger partial charge in [-0.1, -0.05) is 0 Å². The lowest BCUT2D eigenvalue weighted by molar-refractivity contribution is -0.129. The first-order valence-electron chi connectivity index (χ1n) is 4.12. The number of nitrogens with zero attached hydrogens (tertiary/aromatic N) is 4. The molecule has 0 aliphatic heterocycles. The molecule has 0 radical (unpaired) electrons. The second kappa shape index (κ2) is 4.37. The highest BCUT2D eigenvalue weighted by Gasteiger charge is 2.10. The first-order valence-corrected chi connectivity index (χ1v) is 4.12. The molecule has 0 saturated heterocycles. The van der Waals surface area contributed by atoms with Crippen LogP contribution in [0.25, 0.3) is 0 Å². The first-order chi connectivity index (χ1) is 6.63. The van der Waals surface area contributed by atoms with Crippen LogP contribution in [0.15, 0.2) is 0 Å². The summed E-state index contributed by atoms with van der Waals surface area (Å²) in [6.07, 6.45) is -0.111. The smallest absolute Gasteiger partial charge is 0.236 e. The molecule has 0 saturated carbocycles. The number of amides is 1. The monoisotopic (exact) mass is 193 g/mol. The van der Waals surface area contributed by atoms with E-state index in [9.17, 15) is 4.79 Å². The maximum absolute atomic E-state index is 11.2. The van der Waals surface area contributed by atoms with E-state index in [2.05, 4.69) is 15.2 Å². The van der Waals surface area contributed by atoms with Gasteiger partial charge in [-0.05, 0) is 6.92 Å². The maximum Gasteiger partial charge on any atom is 0.236 e. The average molecular weight is 193 g/mol. The summed E-state index contributed by atoms with van der Waals surface area (Å²) in [4.78, 5) is 16.7. The topological polar surface area (TPSA) is 85.7 Å². The molecule has 1 aromatic heterocycles. The molecule has 1 aromatic rings. The van der Waals surface area contributed by atoms with Crippen LogP contribution in [0.5, 0.6) is 0 Å². The molecule has 1 amide bonds. The van der Waals surface area contributed by atoms with E-state index in [4.69, 9.17) is 5.26 Å². The highest BCUT2D eigenvalue weighted by molar-refractivity contribution is 5.77. The van der Waals surface area contributed by atoms with E-state index in [1.807, 2.05) is 0 Å². The Hall–Kier alpha value is -1.90. The molecule has 1 rings (SSSR count). The number of nitrogens with one attached hydrogen (secondary N) is 1. The van der Waals surface area contributed by atoms with Crippen molar-refractivity contribution < 1.29 is 4.79 Å². The van der Waals surface area contributed by atoms with Gasteiger partial charge in [0.15, 0.2) is 5.82 Å². The van der Waals surface area contributed by atoms with Crippen LogP contribution in [-0.2, 0) is 11.3 Å². The Labute approximate surface area is 81.6 Å². The fraction of sp³-hybridized carbons (Fsp3) is 0.500. The van der Waals surface area contributed by atoms with Crippen LogP contribution in [0.4, 0.5) is 0 Å². The van der Waals surface area contributed by atoms with Crippen molar-refractivity contribution in [1.29, 1.82) is 5.26 Å². The lowest BCUT2D eigenvalue weighted by atomic mass is 10.4. The standard InChI is InChI=1S/C8H11N5O/c1-6-10-7(12-11-6)5-13(2)8(14)3-4-9/h3,5H2,1-2H3,(H,10,11,12). The third-order valence-corrected chi connectivity index (χ3v) is 1.68. The van der Waals surface area contributed by atoms with Crippen LogP contribution in [0.3, 0.4) is 0 Å². The Morgan fingerprint density at radius 2 is 2.43 bits per heavy atom. The molecule has 6 heteroatoms. The quantitative estimate of drug-likeness (QED) is 0.731. The van der Waals surface area contributed by atoms with Crippen LogP contribution in [0.1, 0.15) is 18.1 Å². The van der Waals surface area contributed by atoms with Crippen molar-refractivity contribution in [3.63, 3.8) is 0 Å². The molecule has 14 heavy (non-hydrogen) atoms. The van der Waals surface area contributed by atoms with Crippen molar-refractivity contribution in [2.24, 2.45) is 0 Å². The summed E-state index contributed by atoms with van der Waals surface area (Å²) >= 11 is 0. The Morgan fingerprint density at radius 3 is 2.93 bits per heavy atom. The number of carbonyl (C=O) groups excluding carboxylic acids is 1. The zero-order valence-corrected chi connectivity index (χ0v) is 8.11. The van der Waals surface area contributed by atoms with Crippen molar-refractivity contribution in [1.82, 2.24) is 20.1 Å². The lowest BCUT2D eigenvalue weighted by Crippen LogP contribution is -2.26. The van der Waals surface area contributed by atoms with Crippen molar-refractivity contribution in [2.75, 3.05) is 7.05 Å². The van der Waals surface area contributed by atoms with Gasteiger partial charge in [0, 0.05) is 7.05 Å². The third kappa shape index (κ3) is 2.55. The predicted molar refractivity (Wildman–Crippen MR) is 47.8 cm³/mol. The van der Waals surface area contributed by atoms with E-state index < -0.39 is 0 Å². The van der Waals surface area contributed by atoms with E-state index in [-0.39, 0.29) is 12.3 Å².